The molecule has 0 saturated carbocycles. The minimum absolute atomic E-state index is 0.0965. The normalized spacial score (nSPS) is 18.2. The fourth-order valence-corrected chi connectivity index (χ4v) is 4.95. The lowest BCUT2D eigenvalue weighted by Gasteiger charge is -2.30. The molecule has 0 amide bonds. The van der Waals surface area contributed by atoms with Gasteiger partial charge >= 0.3 is 0 Å². The van der Waals surface area contributed by atoms with Crippen molar-refractivity contribution in [1.29, 1.82) is 0 Å². The summed E-state index contributed by atoms with van der Waals surface area (Å²) >= 11 is 0. The monoisotopic (exact) mass is 400 g/mol. The Morgan fingerprint density at radius 2 is 1.80 bits per heavy atom. The third-order valence-corrected chi connectivity index (χ3v) is 6.36. The second kappa shape index (κ2) is 6.62. The summed E-state index contributed by atoms with van der Waals surface area (Å²) in [6, 6.07) is 14.9. The number of aryl methyl sites for hydroxylation is 2. The van der Waals surface area contributed by atoms with E-state index in [2.05, 4.69) is 57.1 Å². The number of hydrogen-bond donors (Lipinski definition) is 0. The number of rotatable bonds is 3. The van der Waals surface area contributed by atoms with E-state index in [1.54, 1.807) is 0 Å². The van der Waals surface area contributed by atoms with E-state index in [-0.39, 0.29) is 6.04 Å². The van der Waals surface area contributed by atoms with Crippen LogP contribution in [-0.2, 0) is 0 Å². The maximum atomic E-state index is 6.45. The van der Waals surface area contributed by atoms with E-state index >= 15 is 0 Å². The van der Waals surface area contributed by atoms with E-state index in [9.17, 15) is 0 Å². The molecule has 1 atom stereocenters. The lowest BCUT2D eigenvalue weighted by molar-refractivity contribution is 0.260. The number of benzene rings is 2. The first-order chi connectivity index (χ1) is 14.7. The Bertz CT molecular complexity index is 1220. The number of ether oxygens (including phenoxy) is 1. The molecule has 0 aliphatic carbocycles. The average Bonchev–Trinajstić information content (AvgIpc) is 3.50. The van der Waals surface area contributed by atoms with Gasteiger partial charge in [0.15, 0.2) is 5.75 Å². The minimum atomic E-state index is 0.0965. The molecule has 0 spiro atoms. The van der Waals surface area contributed by atoms with Crippen LogP contribution in [0.15, 0.2) is 47.0 Å². The third kappa shape index (κ3) is 2.49. The molecule has 4 aromatic rings. The van der Waals surface area contributed by atoms with Gasteiger partial charge in [-0.15, -0.1) is 0 Å². The van der Waals surface area contributed by atoms with E-state index < -0.39 is 0 Å². The third-order valence-electron chi connectivity index (χ3n) is 6.36. The number of anilines is 1. The van der Waals surface area contributed by atoms with E-state index in [0.29, 0.717) is 6.61 Å². The van der Waals surface area contributed by atoms with E-state index in [1.165, 1.54) is 18.4 Å². The smallest absolute Gasteiger partial charge is 0.207 e. The van der Waals surface area contributed by atoms with Gasteiger partial charge in [-0.25, -0.2) is 4.98 Å². The number of nitrogens with zero attached hydrogens (tertiary/aromatic N) is 4. The molecule has 1 unspecified atom stereocenters. The van der Waals surface area contributed by atoms with Gasteiger partial charge in [0.2, 0.25) is 5.95 Å². The molecular formula is C24H24N4O2. The molecule has 1 fully saturated rings. The maximum Gasteiger partial charge on any atom is 0.207 e. The van der Waals surface area contributed by atoms with Gasteiger partial charge in [0.05, 0.1) is 22.8 Å². The van der Waals surface area contributed by atoms with Crippen molar-refractivity contribution in [1.82, 2.24) is 14.7 Å². The Balaban J connectivity index is 1.63. The Kier molecular flexibility index (Phi) is 3.88. The zero-order valence-corrected chi connectivity index (χ0v) is 17.3. The van der Waals surface area contributed by atoms with Gasteiger partial charge in [0.25, 0.3) is 0 Å². The van der Waals surface area contributed by atoms with Crippen LogP contribution in [-0.4, -0.2) is 34.4 Å². The molecule has 0 N–H and O–H groups in total. The highest BCUT2D eigenvalue weighted by Crippen LogP contribution is 2.46. The van der Waals surface area contributed by atoms with Gasteiger partial charge in [-0.05, 0) is 44.4 Å². The van der Waals surface area contributed by atoms with Gasteiger partial charge in [0, 0.05) is 18.7 Å². The summed E-state index contributed by atoms with van der Waals surface area (Å²) in [6.07, 6.45) is 2.43. The Morgan fingerprint density at radius 1 is 1.00 bits per heavy atom. The maximum absolute atomic E-state index is 6.45. The summed E-state index contributed by atoms with van der Waals surface area (Å²) in [6.45, 7) is 6.61. The molecule has 6 nitrogen and oxygen atoms in total. The molecule has 1 saturated heterocycles. The van der Waals surface area contributed by atoms with Crippen molar-refractivity contribution in [2.75, 3.05) is 24.6 Å². The van der Waals surface area contributed by atoms with Crippen LogP contribution in [0.5, 0.6) is 5.75 Å². The quantitative estimate of drug-likeness (QED) is 0.490. The highest BCUT2D eigenvalue weighted by atomic mass is 16.5. The fourth-order valence-electron chi connectivity index (χ4n) is 4.95. The molecule has 2 aliphatic rings. The highest BCUT2D eigenvalue weighted by Gasteiger charge is 2.33. The molecular weight excluding hydrogens is 376 g/mol. The molecule has 6 heteroatoms. The van der Waals surface area contributed by atoms with Crippen molar-refractivity contribution in [2.45, 2.75) is 32.7 Å². The molecule has 0 radical (unpaired) electrons. The highest BCUT2D eigenvalue weighted by molar-refractivity contribution is 5.94. The van der Waals surface area contributed by atoms with Crippen LogP contribution in [0.4, 0.5) is 5.95 Å². The Morgan fingerprint density at radius 3 is 2.53 bits per heavy atom. The van der Waals surface area contributed by atoms with Crippen molar-refractivity contribution in [3.05, 3.63) is 59.5 Å². The van der Waals surface area contributed by atoms with Crippen LogP contribution in [0.3, 0.4) is 0 Å². The molecule has 152 valence electrons. The standard InChI is InChI=1S/C24H24N4O2/c1-15-21(16(2)30-26-15)18-10-11-19-22-23(18)29-14-20(17-8-4-3-5-9-17)28(22)24(25-19)27-12-6-7-13-27/h3-5,8-11,20H,6-7,12-14H2,1-2H3. The Labute approximate surface area is 175 Å². The van der Waals surface area contributed by atoms with Crippen LogP contribution in [0, 0.1) is 13.8 Å². The lowest BCUT2D eigenvalue weighted by atomic mass is 10.00. The molecule has 6 rings (SSSR count). The number of aromatic nitrogens is 3. The zero-order chi connectivity index (χ0) is 20.2. The van der Waals surface area contributed by atoms with Crippen LogP contribution in [0.25, 0.3) is 22.2 Å². The van der Waals surface area contributed by atoms with Crippen molar-refractivity contribution < 1.29 is 9.26 Å². The van der Waals surface area contributed by atoms with Gasteiger partial charge in [-0.2, -0.15) is 0 Å². The first-order valence-corrected chi connectivity index (χ1v) is 10.6. The largest absolute Gasteiger partial charge is 0.488 e. The predicted molar refractivity (Wildman–Crippen MR) is 116 cm³/mol. The zero-order valence-electron chi connectivity index (χ0n) is 17.3. The summed E-state index contributed by atoms with van der Waals surface area (Å²) in [5, 5.41) is 4.16. The first-order valence-electron chi connectivity index (χ1n) is 10.6. The van der Waals surface area contributed by atoms with Crippen LogP contribution < -0.4 is 9.64 Å². The molecule has 2 aliphatic heterocycles. The molecule has 0 bridgehead atoms. The second-order valence-electron chi connectivity index (χ2n) is 8.22. The minimum Gasteiger partial charge on any atom is -0.488 e. The second-order valence-corrected chi connectivity index (χ2v) is 8.22. The van der Waals surface area contributed by atoms with Crippen molar-refractivity contribution in [3.8, 4) is 16.9 Å². The van der Waals surface area contributed by atoms with Gasteiger partial charge in [-0.1, -0.05) is 35.5 Å². The van der Waals surface area contributed by atoms with Gasteiger partial charge in [-0.3, -0.25) is 4.57 Å². The van der Waals surface area contributed by atoms with Crippen LogP contribution in [0.2, 0.25) is 0 Å². The molecule has 4 heterocycles. The topological polar surface area (TPSA) is 56.3 Å². The van der Waals surface area contributed by atoms with Crippen LogP contribution >= 0.6 is 0 Å². The molecule has 2 aromatic heterocycles. The summed E-state index contributed by atoms with van der Waals surface area (Å²) in [7, 11) is 0. The van der Waals surface area contributed by atoms with Crippen molar-refractivity contribution >= 4 is 17.0 Å². The van der Waals surface area contributed by atoms with Crippen molar-refractivity contribution in [3.63, 3.8) is 0 Å². The SMILES string of the molecule is Cc1noc(C)c1-c1ccc2nc(N3CCCC3)n3c2c1OCC3c1ccccc1. The number of hydrogen-bond acceptors (Lipinski definition) is 5. The van der Waals surface area contributed by atoms with Gasteiger partial charge in [0.1, 0.15) is 17.9 Å². The van der Waals surface area contributed by atoms with E-state index in [1.807, 2.05) is 13.8 Å². The summed E-state index contributed by atoms with van der Waals surface area (Å²) < 4.78 is 14.3. The lowest BCUT2D eigenvalue weighted by Crippen LogP contribution is -2.29. The summed E-state index contributed by atoms with van der Waals surface area (Å²) in [5.74, 6) is 2.74. The fraction of sp³-hybridized carbons (Fsp3) is 0.333. The molecule has 2 aromatic carbocycles. The van der Waals surface area contributed by atoms with Gasteiger partial charge < -0.3 is 14.2 Å². The van der Waals surface area contributed by atoms with E-state index in [4.69, 9.17) is 14.2 Å². The van der Waals surface area contributed by atoms with Crippen molar-refractivity contribution in [2.24, 2.45) is 0 Å². The van der Waals surface area contributed by atoms with E-state index in [0.717, 1.165) is 58.4 Å². The first kappa shape index (κ1) is 17.6. The Hall–Kier alpha value is -3.28. The molecule has 30 heavy (non-hydrogen) atoms. The predicted octanol–water partition coefficient (Wildman–Crippen LogP) is 4.89. The van der Waals surface area contributed by atoms with Crippen LogP contribution in [0.1, 0.15) is 35.9 Å². The summed E-state index contributed by atoms with van der Waals surface area (Å²) in [4.78, 5) is 7.50. The summed E-state index contributed by atoms with van der Waals surface area (Å²) in [5.41, 5.74) is 6.20. The average molecular weight is 400 g/mol. The number of imidazole rings is 1.